The summed E-state index contributed by atoms with van der Waals surface area (Å²) in [7, 11) is 1.60. The number of nitrogen functional groups attached to an aromatic ring is 1. The van der Waals surface area contributed by atoms with Gasteiger partial charge in [0.2, 0.25) is 5.89 Å². The second-order valence-electron chi connectivity index (χ2n) is 4.89. The van der Waals surface area contributed by atoms with Crippen LogP contribution < -0.4 is 10.5 Å². The van der Waals surface area contributed by atoms with Crippen LogP contribution in [-0.2, 0) is 0 Å². The smallest absolute Gasteiger partial charge is 0.251 e. The molecule has 1 fully saturated rings. The van der Waals surface area contributed by atoms with E-state index in [0.717, 1.165) is 24.3 Å². The first-order valence-corrected chi connectivity index (χ1v) is 6.55. The number of methoxy groups -OCH3 is 1. The number of hydrogen-bond acceptors (Lipinski definition) is 5. The Bertz CT molecular complexity index is 574. The fourth-order valence-corrected chi connectivity index (χ4v) is 2.57. The van der Waals surface area contributed by atoms with Crippen molar-refractivity contribution in [1.82, 2.24) is 10.2 Å². The molecule has 0 saturated heterocycles. The Labute approximate surface area is 111 Å². The maximum absolute atomic E-state index is 5.79. The minimum absolute atomic E-state index is 0.418. The van der Waals surface area contributed by atoms with Crippen molar-refractivity contribution >= 4 is 5.69 Å². The van der Waals surface area contributed by atoms with E-state index in [4.69, 9.17) is 14.9 Å². The van der Waals surface area contributed by atoms with E-state index in [1.54, 1.807) is 19.2 Å². The van der Waals surface area contributed by atoms with Gasteiger partial charge in [-0.15, -0.1) is 10.2 Å². The molecule has 0 amide bonds. The average molecular weight is 259 g/mol. The molecular weight excluding hydrogens is 242 g/mol. The molecule has 1 heterocycles. The summed E-state index contributed by atoms with van der Waals surface area (Å²) in [5.41, 5.74) is 7.17. The Kier molecular flexibility index (Phi) is 3.11. The molecule has 1 aromatic heterocycles. The molecule has 100 valence electrons. The number of ether oxygens (including phenoxy) is 1. The predicted octanol–water partition coefficient (Wildman–Crippen LogP) is 2.99. The molecule has 2 N–H and O–H groups in total. The van der Waals surface area contributed by atoms with Gasteiger partial charge in [-0.1, -0.05) is 12.8 Å². The third-order valence-corrected chi connectivity index (χ3v) is 3.60. The highest BCUT2D eigenvalue weighted by Gasteiger charge is 2.23. The Balaban J connectivity index is 1.93. The van der Waals surface area contributed by atoms with Crippen molar-refractivity contribution in [2.75, 3.05) is 12.8 Å². The summed E-state index contributed by atoms with van der Waals surface area (Å²) in [5.74, 6) is 2.31. The highest BCUT2D eigenvalue weighted by Crippen LogP contribution is 2.36. The molecule has 2 aromatic rings. The molecule has 19 heavy (non-hydrogen) atoms. The molecule has 5 heteroatoms. The summed E-state index contributed by atoms with van der Waals surface area (Å²) < 4.78 is 11.1. The van der Waals surface area contributed by atoms with Gasteiger partial charge in [0.25, 0.3) is 5.89 Å². The van der Waals surface area contributed by atoms with Gasteiger partial charge >= 0.3 is 0 Å². The van der Waals surface area contributed by atoms with Gasteiger partial charge in [-0.2, -0.15) is 0 Å². The topological polar surface area (TPSA) is 74.2 Å². The van der Waals surface area contributed by atoms with E-state index >= 15 is 0 Å². The number of anilines is 1. The number of hydrogen-bond donors (Lipinski definition) is 1. The van der Waals surface area contributed by atoms with Crippen LogP contribution in [-0.4, -0.2) is 17.3 Å². The largest absolute Gasteiger partial charge is 0.496 e. The van der Waals surface area contributed by atoms with Crippen molar-refractivity contribution in [3.63, 3.8) is 0 Å². The zero-order valence-corrected chi connectivity index (χ0v) is 10.9. The summed E-state index contributed by atoms with van der Waals surface area (Å²) >= 11 is 0. The van der Waals surface area contributed by atoms with Crippen LogP contribution in [0, 0.1) is 0 Å². The predicted molar refractivity (Wildman–Crippen MR) is 71.9 cm³/mol. The van der Waals surface area contributed by atoms with Gasteiger partial charge in [0.1, 0.15) is 5.75 Å². The average Bonchev–Trinajstić information content (AvgIpc) is 3.09. The minimum atomic E-state index is 0.418. The Morgan fingerprint density at radius 2 is 2.05 bits per heavy atom. The van der Waals surface area contributed by atoms with Gasteiger partial charge in [-0.25, -0.2) is 0 Å². The summed E-state index contributed by atoms with van der Waals surface area (Å²) in [6.45, 7) is 0. The van der Waals surface area contributed by atoms with Gasteiger partial charge in [0.05, 0.1) is 12.7 Å². The van der Waals surface area contributed by atoms with Crippen LogP contribution in [0.3, 0.4) is 0 Å². The van der Waals surface area contributed by atoms with E-state index in [2.05, 4.69) is 10.2 Å². The van der Waals surface area contributed by atoms with Crippen molar-refractivity contribution < 1.29 is 9.15 Å². The number of rotatable bonds is 3. The van der Waals surface area contributed by atoms with Crippen LogP contribution in [0.5, 0.6) is 5.75 Å². The molecule has 0 bridgehead atoms. The molecular formula is C14H17N3O2. The summed E-state index contributed by atoms with van der Waals surface area (Å²) in [6.07, 6.45) is 4.77. The summed E-state index contributed by atoms with van der Waals surface area (Å²) in [6, 6.07) is 5.41. The summed E-state index contributed by atoms with van der Waals surface area (Å²) in [5, 5.41) is 8.30. The van der Waals surface area contributed by atoms with Crippen molar-refractivity contribution in [1.29, 1.82) is 0 Å². The third-order valence-electron chi connectivity index (χ3n) is 3.60. The first-order valence-electron chi connectivity index (χ1n) is 6.55. The van der Waals surface area contributed by atoms with E-state index in [1.165, 1.54) is 12.8 Å². The highest BCUT2D eigenvalue weighted by atomic mass is 16.5. The maximum Gasteiger partial charge on any atom is 0.251 e. The molecule has 1 aromatic carbocycles. The molecule has 0 atom stereocenters. The molecule has 1 saturated carbocycles. The van der Waals surface area contributed by atoms with Crippen LogP contribution in [0.25, 0.3) is 11.5 Å². The van der Waals surface area contributed by atoms with Crippen LogP contribution in [0.1, 0.15) is 37.5 Å². The molecule has 0 aliphatic heterocycles. The highest BCUT2D eigenvalue weighted by molar-refractivity contribution is 5.66. The Morgan fingerprint density at radius 1 is 1.26 bits per heavy atom. The number of benzene rings is 1. The molecule has 3 rings (SSSR count). The van der Waals surface area contributed by atoms with E-state index < -0.39 is 0 Å². The quantitative estimate of drug-likeness (QED) is 0.858. The number of nitrogens with zero attached hydrogens (tertiary/aromatic N) is 2. The fourth-order valence-electron chi connectivity index (χ4n) is 2.57. The van der Waals surface area contributed by atoms with Crippen molar-refractivity contribution in [2.45, 2.75) is 31.6 Å². The zero-order chi connectivity index (χ0) is 13.2. The number of aromatic nitrogens is 2. The van der Waals surface area contributed by atoms with Crippen molar-refractivity contribution in [3.8, 4) is 17.2 Å². The first kappa shape index (κ1) is 12.0. The second-order valence-corrected chi connectivity index (χ2v) is 4.89. The standard InChI is InChI=1S/C14H17N3O2/c1-18-12-8-10(15)6-7-11(12)14-17-16-13(19-14)9-4-2-3-5-9/h6-9H,2-5,15H2,1H3. The number of nitrogens with two attached hydrogens (primary N) is 1. The lowest BCUT2D eigenvalue weighted by Crippen LogP contribution is -1.91. The van der Waals surface area contributed by atoms with Gasteiger partial charge in [0, 0.05) is 17.7 Å². The zero-order valence-electron chi connectivity index (χ0n) is 10.9. The monoisotopic (exact) mass is 259 g/mol. The van der Waals surface area contributed by atoms with Gasteiger partial charge in [-0.3, -0.25) is 0 Å². The first-order chi connectivity index (χ1) is 9.28. The van der Waals surface area contributed by atoms with Crippen LogP contribution in [0.4, 0.5) is 5.69 Å². The molecule has 0 radical (unpaired) electrons. The lowest BCUT2D eigenvalue weighted by Gasteiger charge is -2.06. The normalized spacial score (nSPS) is 15.8. The van der Waals surface area contributed by atoms with Crippen molar-refractivity contribution in [3.05, 3.63) is 24.1 Å². The Hall–Kier alpha value is -2.04. The molecule has 0 unspecified atom stereocenters. The Morgan fingerprint density at radius 3 is 2.79 bits per heavy atom. The van der Waals surface area contributed by atoms with Crippen LogP contribution >= 0.6 is 0 Å². The molecule has 1 aliphatic carbocycles. The second kappa shape index (κ2) is 4.91. The van der Waals surface area contributed by atoms with E-state index in [0.29, 0.717) is 23.2 Å². The summed E-state index contributed by atoms with van der Waals surface area (Å²) in [4.78, 5) is 0. The molecule has 1 aliphatic rings. The van der Waals surface area contributed by atoms with E-state index in [9.17, 15) is 0 Å². The maximum atomic E-state index is 5.79. The van der Waals surface area contributed by atoms with Gasteiger partial charge < -0.3 is 14.9 Å². The van der Waals surface area contributed by atoms with Crippen LogP contribution in [0.15, 0.2) is 22.6 Å². The van der Waals surface area contributed by atoms with Gasteiger partial charge in [0.15, 0.2) is 0 Å². The lowest BCUT2D eigenvalue weighted by atomic mass is 10.1. The fraction of sp³-hybridized carbons (Fsp3) is 0.429. The van der Waals surface area contributed by atoms with Crippen molar-refractivity contribution in [2.24, 2.45) is 0 Å². The minimum Gasteiger partial charge on any atom is -0.496 e. The van der Waals surface area contributed by atoms with E-state index in [-0.39, 0.29) is 0 Å². The van der Waals surface area contributed by atoms with Crippen LogP contribution in [0.2, 0.25) is 0 Å². The molecule has 5 nitrogen and oxygen atoms in total. The SMILES string of the molecule is COc1cc(N)ccc1-c1nnc(C2CCCC2)o1. The van der Waals surface area contributed by atoms with Gasteiger partial charge in [-0.05, 0) is 25.0 Å². The third kappa shape index (κ3) is 2.28. The van der Waals surface area contributed by atoms with E-state index in [1.807, 2.05) is 6.07 Å². The lowest BCUT2D eigenvalue weighted by molar-refractivity contribution is 0.412. The molecule has 0 spiro atoms.